The molecule has 15 heavy (non-hydrogen) atoms. The number of hydrogen-bond donors (Lipinski definition) is 1. The summed E-state index contributed by atoms with van der Waals surface area (Å²) < 4.78 is 0. The van der Waals surface area contributed by atoms with Crippen molar-refractivity contribution in [2.75, 3.05) is 18.0 Å². The van der Waals surface area contributed by atoms with Gasteiger partial charge >= 0.3 is 0 Å². The van der Waals surface area contributed by atoms with Gasteiger partial charge in [0.1, 0.15) is 0 Å². The summed E-state index contributed by atoms with van der Waals surface area (Å²) in [6, 6.07) is 0. The van der Waals surface area contributed by atoms with E-state index < -0.39 is 0 Å². The standard InChI is InChI=1S/C11H19N3S/c1-8(2)10-9(7-12)15-11(13-10)14-5-3-4-6-14/h8H,3-7,12H2,1-2H3. The van der Waals surface area contributed by atoms with Crippen LogP contribution >= 0.6 is 11.3 Å². The van der Waals surface area contributed by atoms with Gasteiger partial charge in [-0.2, -0.15) is 0 Å². The van der Waals surface area contributed by atoms with E-state index in [1.165, 1.54) is 28.5 Å². The van der Waals surface area contributed by atoms with Crippen LogP contribution in [0.15, 0.2) is 0 Å². The van der Waals surface area contributed by atoms with Crippen LogP contribution in [0.5, 0.6) is 0 Å². The zero-order chi connectivity index (χ0) is 10.8. The van der Waals surface area contributed by atoms with Crippen molar-refractivity contribution in [3.05, 3.63) is 10.6 Å². The number of thiazole rings is 1. The number of nitrogens with zero attached hydrogens (tertiary/aromatic N) is 2. The second kappa shape index (κ2) is 4.49. The van der Waals surface area contributed by atoms with Crippen LogP contribution in [0.4, 0.5) is 5.13 Å². The van der Waals surface area contributed by atoms with E-state index in [9.17, 15) is 0 Å². The van der Waals surface area contributed by atoms with Gasteiger partial charge in [0.25, 0.3) is 0 Å². The Morgan fingerprint density at radius 1 is 1.40 bits per heavy atom. The van der Waals surface area contributed by atoms with Crippen molar-refractivity contribution in [1.82, 2.24) is 4.98 Å². The van der Waals surface area contributed by atoms with E-state index in [0.717, 1.165) is 13.1 Å². The summed E-state index contributed by atoms with van der Waals surface area (Å²) in [5, 5.41) is 1.18. The minimum atomic E-state index is 0.483. The van der Waals surface area contributed by atoms with Crippen molar-refractivity contribution >= 4 is 16.5 Å². The van der Waals surface area contributed by atoms with Crippen LogP contribution < -0.4 is 10.6 Å². The number of anilines is 1. The highest BCUT2D eigenvalue weighted by Crippen LogP contribution is 2.31. The molecule has 1 saturated heterocycles. The summed E-state index contributed by atoms with van der Waals surface area (Å²) in [6.07, 6.45) is 2.60. The fourth-order valence-corrected chi connectivity index (χ4v) is 3.14. The number of rotatable bonds is 3. The van der Waals surface area contributed by atoms with Crippen molar-refractivity contribution < 1.29 is 0 Å². The Bertz CT molecular complexity index is 327. The molecule has 1 aromatic rings. The highest BCUT2D eigenvalue weighted by Gasteiger charge is 2.19. The van der Waals surface area contributed by atoms with Crippen LogP contribution in [0, 0.1) is 0 Å². The highest BCUT2D eigenvalue weighted by molar-refractivity contribution is 7.15. The molecule has 2 N–H and O–H groups in total. The van der Waals surface area contributed by atoms with E-state index in [0.29, 0.717) is 12.5 Å². The van der Waals surface area contributed by atoms with Gasteiger partial charge < -0.3 is 10.6 Å². The first kappa shape index (κ1) is 10.9. The largest absolute Gasteiger partial charge is 0.348 e. The van der Waals surface area contributed by atoms with E-state index in [2.05, 4.69) is 18.7 Å². The Balaban J connectivity index is 2.25. The number of aromatic nitrogens is 1. The lowest BCUT2D eigenvalue weighted by Crippen LogP contribution is -2.17. The third-order valence-corrected chi connectivity index (χ3v) is 3.98. The van der Waals surface area contributed by atoms with Crippen LogP contribution in [-0.2, 0) is 6.54 Å². The molecule has 0 aliphatic carbocycles. The summed E-state index contributed by atoms with van der Waals surface area (Å²) in [5.41, 5.74) is 6.95. The van der Waals surface area contributed by atoms with Crippen LogP contribution in [0.2, 0.25) is 0 Å². The maximum Gasteiger partial charge on any atom is 0.185 e. The summed E-state index contributed by atoms with van der Waals surface area (Å²) >= 11 is 1.77. The van der Waals surface area contributed by atoms with Gasteiger partial charge in [0.05, 0.1) is 5.69 Å². The Morgan fingerprint density at radius 2 is 2.07 bits per heavy atom. The van der Waals surface area contributed by atoms with Gasteiger partial charge in [-0.05, 0) is 18.8 Å². The van der Waals surface area contributed by atoms with Gasteiger partial charge in [-0.3, -0.25) is 0 Å². The van der Waals surface area contributed by atoms with E-state index >= 15 is 0 Å². The molecule has 0 saturated carbocycles. The maximum atomic E-state index is 5.75. The molecule has 0 amide bonds. The lowest BCUT2D eigenvalue weighted by molar-refractivity contribution is 0.807. The zero-order valence-electron chi connectivity index (χ0n) is 9.49. The van der Waals surface area contributed by atoms with Crippen molar-refractivity contribution in [2.45, 2.75) is 39.2 Å². The molecule has 3 nitrogen and oxygen atoms in total. The Hall–Kier alpha value is -0.610. The van der Waals surface area contributed by atoms with Crippen molar-refractivity contribution in [1.29, 1.82) is 0 Å². The Kier molecular flexibility index (Phi) is 3.26. The molecule has 0 atom stereocenters. The quantitative estimate of drug-likeness (QED) is 0.858. The molecule has 84 valence electrons. The van der Waals surface area contributed by atoms with Gasteiger partial charge in [-0.1, -0.05) is 13.8 Å². The minimum absolute atomic E-state index is 0.483. The van der Waals surface area contributed by atoms with Crippen LogP contribution in [0.3, 0.4) is 0 Å². The lowest BCUT2D eigenvalue weighted by atomic mass is 10.1. The predicted molar refractivity (Wildman–Crippen MR) is 65.5 cm³/mol. The van der Waals surface area contributed by atoms with Gasteiger partial charge in [-0.15, -0.1) is 11.3 Å². The Morgan fingerprint density at radius 3 is 2.53 bits per heavy atom. The summed E-state index contributed by atoms with van der Waals surface area (Å²) in [7, 11) is 0. The summed E-state index contributed by atoms with van der Waals surface area (Å²) in [6.45, 7) is 7.31. The van der Waals surface area contributed by atoms with Gasteiger partial charge in [0.2, 0.25) is 0 Å². The first-order valence-electron chi connectivity index (χ1n) is 5.67. The van der Waals surface area contributed by atoms with Crippen LogP contribution in [-0.4, -0.2) is 18.1 Å². The fourth-order valence-electron chi connectivity index (χ4n) is 1.99. The Labute approximate surface area is 95.3 Å². The molecule has 2 heterocycles. The monoisotopic (exact) mass is 225 g/mol. The summed E-state index contributed by atoms with van der Waals surface area (Å²) in [5.74, 6) is 0.483. The molecular formula is C11H19N3S. The van der Waals surface area contributed by atoms with Crippen molar-refractivity contribution in [2.24, 2.45) is 5.73 Å². The van der Waals surface area contributed by atoms with Gasteiger partial charge in [0.15, 0.2) is 5.13 Å². The minimum Gasteiger partial charge on any atom is -0.348 e. The molecule has 4 heteroatoms. The molecule has 0 unspecified atom stereocenters. The molecule has 0 bridgehead atoms. The van der Waals surface area contributed by atoms with Crippen molar-refractivity contribution in [3.63, 3.8) is 0 Å². The van der Waals surface area contributed by atoms with Gasteiger partial charge in [0, 0.05) is 24.5 Å². The molecule has 1 aliphatic rings. The average molecular weight is 225 g/mol. The third-order valence-electron chi connectivity index (χ3n) is 2.83. The normalized spacial score (nSPS) is 16.7. The molecule has 0 radical (unpaired) electrons. The molecular weight excluding hydrogens is 206 g/mol. The molecule has 0 aromatic carbocycles. The number of hydrogen-bond acceptors (Lipinski definition) is 4. The van der Waals surface area contributed by atoms with Crippen LogP contribution in [0.25, 0.3) is 0 Å². The fraction of sp³-hybridized carbons (Fsp3) is 0.727. The van der Waals surface area contributed by atoms with E-state index in [4.69, 9.17) is 10.7 Å². The SMILES string of the molecule is CC(C)c1nc(N2CCCC2)sc1CN. The highest BCUT2D eigenvalue weighted by atomic mass is 32.1. The first-order chi connectivity index (χ1) is 7.22. The van der Waals surface area contributed by atoms with E-state index in [1.807, 2.05) is 0 Å². The predicted octanol–water partition coefficient (Wildman–Crippen LogP) is 2.33. The maximum absolute atomic E-state index is 5.75. The summed E-state index contributed by atoms with van der Waals surface area (Å²) in [4.78, 5) is 8.37. The lowest BCUT2D eigenvalue weighted by Gasteiger charge is -2.12. The zero-order valence-corrected chi connectivity index (χ0v) is 10.3. The van der Waals surface area contributed by atoms with E-state index in [-0.39, 0.29) is 0 Å². The topological polar surface area (TPSA) is 42.2 Å². The average Bonchev–Trinajstić information content (AvgIpc) is 2.86. The number of nitrogens with two attached hydrogens (primary N) is 1. The van der Waals surface area contributed by atoms with Crippen molar-refractivity contribution in [3.8, 4) is 0 Å². The molecule has 0 spiro atoms. The molecule has 2 rings (SSSR count). The van der Waals surface area contributed by atoms with E-state index in [1.54, 1.807) is 11.3 Å². The second-order valence-corrected chi connectivity index (χ2v) is 5.42. The smallest absolute Gasteiger partial charge is 0.185 e. The first-order valence-corrected chi connectivity index (χ1v) is 6.48. The van der Waals surface area contributed by atoms with Gasteiger partial charge in [-0.25, -0.2) is 4.98 Å². The second-order valence-electron chi connectivity index (χ2n) is 4.36. The third kappa shape index (κ3) is 2.16. The molecule has 1 aromatic heterocycles. The molecule has 1 aliphatic heterocycles. The van der Waals surface area contributed by atoms with Crippen LogP contribution in [0.1, 0.15) is 43.2 Å². The molecule has 1 fully saturated rings.